The van der Waals surface area contributed by atoms with Crippen LogP contribution in [0.1, 0.15) is 35.5 Å². The zero-order chi connectivity index (χ0) is 22.8. The number of morpholine rings is 1. The maximum atomic E-state index is 12.8. The van der Waals surface area contributed by atoms with Gasteiger partial charge in [-0.25, -0.2) is 9.78 Å². The predicted molar refractivity (Wildman–Crippen MR) is 121 cm³/mol. The second kappa shape index (κ2) is 9.05. The molecule has 2 aromatic heterocycles. The lowest BCUT2D eigenvalue weighted by molar-refractivity contribution is -0.0705. The van der Waals surface area contributed by atoms with Gasteiger partial charge in [0.05, 0.1) is 17.6 Å². The number of ether oxygens (including phenoxy) is 1. The van der Waals surface area contributed by atoms with Gasteiger partial charge in [0.2, 0.25) is 0 Å². The highest BCUT2D eigenvalue weighted by molar-refractivity contribution is 5.94. The Hall–Kier alpha value is -3.30. The van der Waals surface area contributed by atoms with Crippen LogP contribution < -0.4 is 16.6 Å². The van der Waals surface area contributed by atoms with Crippen molar-refractivity contribution in [1.29, 1.82) is 0 Å². The molecule has 1 fully saturated rings. The van der Waals surface area contributed by atoms with E-state index in [4.69, 9.17) is 4.74 Å². The zero-order valence-corrected chi connectivity index (χ0v) is 18.4. The molecule has 168 valence electrons. The first-order valence-electron chi connectivity index (χ1n) is 10.6. The summed E-state index contributed by atoms with van der Waals surface area (Å²) in [5, 5.41) is 3.16. The minimum absolute atomic E-state index is 0.145. The van der Waals surface area contributed by atoms with Gasteiger partial charge in [0.1, 0.15) is 11.3 Å². The van der Waals surface area contributed by atoms with Gasteiger partial charge in [0, 0.05) is 33.2 Å². The SMILES string of the molecule is C[C@@H]1CN(Cc2ccccc2CNC(=O)c2ccc3c(=O)[nH]c(=O)n(C)c3n2)C[C@@H](C)O1. The minimum atomic E-state index is -0.576. The number of aromatic nitrogens is 3. The Morgan fingerprint density at radius 2 is 1.81 bits per heavy atom. The number of aryl methyl sites for hydroxylation is 1. The molecule has 9 heteroatoms. The molecule has 0 saturated carbocycles. The normalized spacial score (nSPS) is 19.2. The molecule has 2 atom stereocenters. The smallest absolute Gasteiger partial charge is 0.329 e. The molecule has 1 saturated heterocycles. The lowest BCUT2D eigenvalue weighted by Gasteiger charge is -2.35. The van der Waals surface area contributed by atoms with Gasteiger partial charge in [0.25, 0.3) is 11.5 Å². The highest BCUT2D eigenvalue weighted by atomic mass is 16.5. The average Bonchev–Trinajstić information content (AvgIpc) is 2.75. The summed E-state index contributed by atoms with van der Waals surface area (Å²) in [4.78, 5) is 45.4. The monoisotopic (exact) mass is 437 g/mol. The largest absolute Gasteiger partial charge is 0.373 e. The number of nitrogens with zero attached hydrogens (tertiary/aromatic N) is 3. The molecule has 9 nitrogen and oxygen atoms in total. The molecule has 0 spiro atoms. The maximum absolute atomic E-state index is 12.8. The third kappa shape index (κ3) is 4.63. The van der Waals surface area contributed by atoms with Crippen LogP contribution in [-0.2, 0) is 24.9 Å². The number of benzene rings is 1. The summed E-state index contributed by atoms with van der Waals surface area (Å²) in [6.45, 7) is 7.01. The first kappa shape index (κ1) is 21.9. The topological polar surface area (TPSA) is 109 Å². The maximum Gasteiger partial charge on any atom is 0.329 e. The van der Waals surface area contributed by atoms with E-state index in [1.165, 1.54) is 23.7 Å². The summed E-state index contributed by atoms with van der Waals surface area (Å²) in [7, 11) is 1.50. The van der Waals surface area contributed by atoms with Crippen LogP contribution in [-0.4, -0.2) is 50.6 Å². The molecular weight excluding hydrogens is 410 g/mol. The van der Waals surface area contributed by atoms with Crippen molar-refractivity contribution < 1.29 is 9.53 Å². The van der Waals surface area contributed by atoms with E-state index in [0.717, 1.165) is 30.8 Å². The number of carbonyl (C=O) groups is 1. The molecule has 0 radical (unpaired) electrons. The van der Waals surface area contributed by atoms with Crippen molar-refractivity contribution in [2.75, 3.05) is 13.1 Å². The second-order valence-corrected chi connectivity index (χ2v) is 8.29. The summed E-state index contributed by atoms with van der Waals surface area (Å²) >= 11 is 0. The second-order valence-electron chi connectivity index (χ2n) is 8.29. The fourth-order valence-corrected chi connectivity index (χ4v) is 4.16. The molecular formula is C23H27N5O4. The first-order chi connectivity index (χ1) is 15.3. The van der Waals surface area contributed by atoms with Gasteiger partial charge in [-0.15, -0.1) is 0 Å². The van der Waals surface area contributed by atoms with E-state index in [1.54, 1.807) is 0 Å². The summed E-state index contributed by atoms with van der Waals surface area (Å²) in [6, 6.07) is 11.0. The van der Waals surface area contributed by atoms with Crippen LogP contribution >= 0.6 is 0 Å². The molecule has 2 N–H and O–H groups in total. The zero-order valence-electron chi connectivity index (χ0n) is 18.4. The molecule has 1 amide bonds. The number of fused-ring (bicyclic) bond motifs is 1. The minimum Gasteiger partial charge on any atom is -0.373 e. The highest BCUT2D eigenvalue weighted by Gasteiger charge is 2.22. The number of amides is 1. The number of nitrogens with one attached hydrogen (secondary N) is 2. The fraction of sp³-hybridized carbons (Fsp3) is 0.391. The molecule has 0 bridgehead atoms. The molecule has 1 aliphatic heterocycles. The molecule has 4 rings (SSSR count). The highest BCUT2D eigenvalue weighted by Crippen LogP contribution is 2.17. The van der Waals surface area contributed by atoms with Crippen molar-refractivity contribution in [3.63, 3.8) is 0 Å². The van der Waals surface area contributed by atoms with E-state index in [0.29, 0.717) is 6.54 Å². The van der Waals surface area contributed by atoms with Crippen molar-refractivity contribution in [3.05, 3.63) is 74.1 Å². The molecule has 0 aliphatic carbocycles. The molecule has 1 aromatic carbocycles. The van der Waals surface area contributed by atoms with Gasteiger partial charge in [-0.3, -0.25) is 24.0 Å². The van der Waals surface area contributed by atoms with Crippen LogP contribution in [0.4, 0.5) is 0 Å². The Morgan fingerprint density at radius 3 is 2.53 bits per heavy atom. The van der Waals surface area contributed by atoms with Crippen molar-refractivity contribution in [3.8, 4) is 0 Å². The first-order valence-corrected chi connectivity index (χ1v) is 10.6. The van der Waals surface area contributed by atoms with Crippen molar-refractivity contribution >= 4 is 16.9 Å². The number of H-pyrrole nitrogens is 1. The Bertz CT molecular complexity index is 1260. The lowest BCUT2D eigenvalue weighted by Crippen LogP contribution is -2.45. The molecule has 3 heterocycles. The standard InChI is InChI=1S/C23H27N5O4/c1-14-11-28(12-15(2)32-14)13-17-7-5-4-6-16(17)10-24-22(30)19-9-8-18-20(25-19)27(3)23(31)26-21(18)29/h4-9,14-15H,10-13H2,1-3H3,(H,24,30)(H,26,29,31)/t14-,15-/m1/s1. The van der Waals surface area contributed by atoms with E-state index in [1.807, 2.05) is 18.2 Å². The van der Waals surface area contributed by atoms with Crippen molar-refractivity contribution in [2.45, 2.75) is 39.1 Å². The number of hydrogen-bond donors (Lipinski definition) is 2. The van der Waals surface area contributed by atoms with E-state index >= 15 is 0 Å². The molecule has 32 heavy (non-hydrogen) atoms. The van der Waals surface area contributed by atoms with E-state index < -0.39 is 11.2 Å². The number of hydrogen-bond acceptors (Lipinski definition) is 6. The fourth-order valence-electron chi connectivity index (χ4n) is 4.16. The summed E-state index contributed by atoms with van der Waals surface area (Å²) in [6.07, 6.45) is 0.376. The van der Waals surface area contributed by atoms with Crippen LogP contribution in [0, 0.1) is 0 Å². The number of aromatic amines is 1. The van der Waals surface area contributed by atoms with Gasteiger partial charge in [-0.2, -0.15) is 0 Å². The van der Waals surface area contributed by atoms with E-state index in [2.05, 4.69) is 40.1 Å². The van der Waals surface area contributed by atoms with Crippen LogP contribution in [0.5, 0.6) is 0 Å². The molecule has 1 aliphatic rings. The van der Waals surface area contributed by atoms with Gasteiger partial charge in [-0.1, -0.05) is 24.3 Å². The predicted octanol–water partition coefficient (Wildman–Crippen LogP) is 1.16. The van der Waals surface area contributed by atoms with Crippen LogP contribution in [0.15, 0.2) is 46.0 Å². The molecule has 0 unspecified atom stereocenters. The van der Waals surface area contributed by atoms with Crippen LogP contribution in [0.2, 0.25) is 0 Å². The quantitative estimate of drug-likeness (QED) is 0.620. The third-order valence-electron chi connectivity index (χ3n) is 5.64. The Balaban J connectivity index is 1.49. The average molecular weight is 438 g/mol. The number of carbonyl (C=O) groups excluding carboxylic acids is 1. The van der Waals surface area contributed by atoms with Gasteiger partial charge in [-0.05, 0) is 37.1 Å². The third-order valence-corrected chi connectivity index (χ3v) is 5.64. The van der Waals surface area contributed by atoms with Gasteiger partial charge >= 0.3 is 5.69 Å². The van der Waals surface area contributed by atoms with Crippen LogP contribution in [0.3, 0.4) is 0 Å². The Morgan fingerprint density at radius 1 is 1.12 bits per heavy atom. The van der Waals surface area contributed by atoms with Gasteiger partial charge in [0.15, 0.2) is 0 Å². The van der Waals surface area contributed by atoms with Crippen molar-refractivity contribution in [2.24, 2.45) is 7.05 Å². The summed E-state index contributed by atoms with van der Waals surface area (Å²) in [5.41, 5.74) is 1.39. The summed E-state index contributed by atoms with van der Waals surface area (Å²) < 4.78 is 7.03. The number of pyridine rings is 1. The number of rotatable bonds is 5. The van der Waals surface area contributed by atoms with E-state index in [9.17, 15) is 14.4 Å². The summed E-state index contributed by atoms with van der Waals surface area (Å²) in [5.74, 6) is -0.372. The lowest BCUT2D eigenvalue weighted by atomic mass is 10.1. The van der Waals surface area contributed by atoms with Crippen LogP contribution in [0.25, 0.3) is 11.0 Å². The Labute approximate surface area is 185 Å². The Kier molecular flexibility index (Phi) is 6.20. The van der Waals surface area contributed by atoms with E-state index in [-0.39, 0.29) is 34.8 Å². The molecule has 3 aromatic rings. The van der Waals surface area contributed by atoms with Gasteiger partial charge < -0.3 is 10.1 Å². The van der Waals surface area contributed by atoms with Crippen molar-refractivity contribution in [1.82, 2.24) is 24.8 Å².